The van der Waals surface area contributed by atoms with E-state index in [1.807, 2.05) is 13.8 Å². The summed E-state index contributed by atoms with van der Waals surface area (Å²) in [7, 11) is 0. The molecule has 17 heavy (non-hydrogen) atoms. The molecule has 1 N–H and O–H groups in total. The Morgan fingerprint density at radius 1 is 1.24 bits per heavy atom. The van der Waals surface area contributed by atoms with Gasteiger partial charge in [-0.05, 0) is 38.4 Å². The van der Waals surface area contributed by atoms with Gasteiger partial charge in [0.2, 0.25) is 5.91 Å². The smallest absolute Gasteiger partial charge is 0.216 e. The Hall–Kier alpha value is -0.570. The number of nitrogens with zero attached hydrogens (tertiary/aromatic N) is 1. The van der Waals surface area contributed by atoms with Gasteiger partial charge in [0.15, 0.2) is 0 Å². The lowest BCUT2D eigenvalue weighted by atomic mass is 10.2. The minimum atomic E-state index is 0.0544. The van der Waals surface area contributed by atoms with Gasteiger partial charge in [0.25, 0.3) is 0 Å². The molecule has 1 amide bonds. The molecule has 0 unspecified atom stereocenters. The maximum absolute atomic E-state index is 10.2. The van der Waals surface area contributed by atoms with Gasteiger partial charge in [-0.15, -0.1) is 0 Å². The summed E-state index contributed by atoms with van der Waals surface area (Å²) < 4.78 is 0. The zero-order valence-electron chi connectivity index (χ0n) is 12.7. The van der Waals surface area contributed by atoms with Gasteiger partial charge in [-0.3, -0.25) is 4.79 Å². The van der Waals surface area contributed by atoms with E-state index in [1.165, 1.54) is 39.4 Å². The van der Waals surface area contributed by atoms with Crippen LogP contribution in [0.25, 0.3) is 0 Å². The van der Waals surface area contributed by atoms with Gasteiger partial charge in [0, 0.05) is 13.5 Å². The molecule has 0 aliphatic carbocycles. The highest BCUT2D eigenvalue weighted by Crippen LogP contribution is 2.04. The second kappa shape index (κ2) is 13.5. The van der Waals surface area contributed by atoms with Crippen molar-refractivity contribution in [3.8, 4) is 0 Å². The molecule has 0 aromatic carbocycles. The van der Waals surface area contributed by atoms with E-state index in [-0.39, 0.29) is 5.91 Å². The van der Waals surface area contributed by atoms with E-state index >= 15 is 0 Å². The van der Waals surface area contributed by atoms with Crippen LogP contribution < -0.4 is 5.32 Å². The Morgan fingerprint density at radius 3 is 1.88 bits per heavy atom. The first-order chi connectivity index (χ1) is 8.06. The summed E-state index contributed by atoms with van der Waals surface area (Å²) in [5.74, 6) is 0.609. The molecular weight excluding hydrogens is 212 g/mol. The van der Waals surface area contributed by atoms with Crippen molar-refractivity contribution in [2.24, 2.45) is 5.92 Å². The molecule has 1 saturated heterocycles. The van der Waals surface area contributed by atoms with Crippen LogP contribution in [0.5, 0.6) is 0 Å². The van der Waals surface area contributed by atoms with Crippen molar-refractivity contribution in [1.29, 1.82) is 0 Å². The van der Waals surface area contributed by atoms with E-state index in [4.69, 9.17) is 0 Å². The Kier molecular flexibility index (Phi) is 14.9. The van der Waals surface area contributed by atoms with E-state index in [1.54, 1.807) is 0 Å². The zero-order valence-corrected chi connectivity index (χ0v) is 12.7. The second-order valence-corrected chi connectivity index (χ2v) is 4.47. The van der Waals surface area contributed by atoms with Crippen molar-refractivity contribution < 1.29 is 4.79 Å². The number of amides is 1. The maximum atomic E-state index is 10.2. The lowest BCUT2D eigenvalue weighted by Crippen LogP contribution is -2.24. The molecule has 0 bridgehead atoms. The van der Waals surface area contributed by atoms with Gasteiger partial charge in [-0.2, -0.15) is 0 Å². The topological polar surface area (TPSA) is 32.3 Å². The van der Waals surface area contributed by atoms with Crippen LogP contribution in [0.4, 0.5) is 0 Å². The molecule has 0 spiro atoms. The highest BCUT2D eigenvalue weighted by atomic mass is 16.1. The van der Waals surface area contributed by atoms with Crippen LogP contribution in [-0.4, -0.2) is 37.0 Å². The number of carbonyl (C=O) groups is 1. The molecule has 1 heterocycles. The molecule has 1 rings (SSSR count). The van der Waals surface area contributed by atoms with E-state index in [0.717, 1.165) is 6.54 Å². The molecule has 0 radical (unpaired) electrons. The molecule has 1 fully saturated rings. The van der Waals surface area contributed by atoms with Crippen molar-refractivity contribution >= 4 is 5.91 Å². The molecule has 0 saturated carbocycles. The van der Waals surface area contributed by atoms with Crippen LogP contribution in [0.1, 0.15) is 54.4 Å². The number of carbonyl (C=O) groups excluding carboxylic acids is 1. The van der Waals surface area contributed by atoms with Gasteiger partial charge in [0.05, 0.1) is 0 Å². The van der Waals surface area contributed by atoms with Gasteiger partial charge < -0.3 is 10.2 Å². The summed E-state index contributed by atoms with van der Waals surface area (Å²) in [4.78, 5) is 12.7. The number of likely N-dealkylation sites (tertiary alicyclic amines) is 1. The second-order valence-electron chi connectivity index (χ2n) is 4.47. The third-order valence-corrected chi connectivity index (χ3v) is 2.41. The van der Waals surface area contributed by atoms with E-state index in [2.05, 4.69) is 31.0 Å². The fraction of sp³-hybridized carbons (Fsp3) is 0.929. The van der Waals surface area contributed by atoms with Crippen molar-refractivity contribution in [3.05, 3.63) is 0 Å². The van der Waals surface area contributed by atoms with Crippen LogP contribution in [-0.2, 0) is 4.79 Å². The summed E-state index contributed by atoms with van der Waals surface area (Å²) in [6.07, 6.45) is 2.85. The SMILES string of the molecule is CC.CC(=O)NCC(C)C.CCN1CCCC1. The zero-order chi connectivity index (χ0) is 13.7. The minimum absolute atomic E-state index is 0.0544. The number of rotatable bonds is 3. The summed E-state index contributed by atoms with van der Waals surface area (Å²) in [6.45, 7) is 16.6. The average Bonchev–Trinajstić information content (AvgIpc) is 2.83. The molecule has 104 valence electrons. The molecular formula is C14H32N2O. The van der Waals surface area contributed by atoms with Crippen LogP contribution in [0.3, 0.4) is 0 Å². The molecule has 3 heteroatoms. The van der Waals surface area contributed by atoms with E-state index in [0.29, 0.717) is 5.92 Å². The molecule has 3 nitrogen and oxygen atoms in total. The summed E-state index contributed by atoms with van der Waals surface area (Å²) in [6, 6.07) is 0. The Labute approximate surface area is 108 Å². The Bertz CT molecular complexity index is 164. The lowest BCUT2D eigenvalue weighted by Gasteiger charge is -2.08. The standard InChI is InChI=1S/C6H13NO.C6H13N.C2H6/c1-5(2)4-7-6(3)8;1-2-7-5-3-4-6-7;1-2/h5H,4H2,1-3H3,(H,7,8);2-6H2,1H3;1-2H3. The first-order valence-electron chi connectivity index (χ1n) is 7.03. The number of hydrogen-bond acceptors (Lipinski definition) is 2. The fourth-order valence-electron chi connectivity index (χ4n) is 1.45. The van der Waals surface area contributed by atoms with Gasteiger partial charge in [0.1, 0.15) is 0 Å². The molecule has 0 aromatic rings. The Balaban J connectivity index is 0. The largest absolute Gasteiger partial charge is 0.356 e. The van der Waals surface area contributed by atoms with Crippen LogP contribution in [0.15, 0.2) is 0 Å². The lowest BCUT2D eigenvalue weighted by molar-refractivity contribution is -0.119. The van der Waals surface area contributed by atoms with Gasteiger partial charge in [-0.1, -0.05) is 34.6 Å². The average molecular weight is 244 g/mol. The summed E-state index contributed by atoms with van der Waals surface area (Å²) >= 11 is 0. The summed E-state index contributed by atoms with van der Waals surface area (Å²) in [5.41, 5.74) is 0. The highest BCUT2D eigenvalue weighted by molar-refractivity contribution is 5.72. The Morgan fingerprint density at radius 2 is 1.71 bits per heavy atom. The normalized spacial score (nSPS) is 14.5. The highest BCUT2D eigenvalue weighted by Gasteiger charge is 2.06. The predicted molar refractivity (Wildman–Crippen MR) is 76.2 cm³/mol. The minimum Gasteiger partial charge on any atom is -0.356 e. The van der Waals surface area contributed by atoms with Crippen LogP contribution in [0, 0.1) is 5.92 Å². The quantitative estimate of drug-likeness (QED) is 0.828. The van der Waals surface area contributed by atoms with E-state index < -0.39 is 0 Å². The molecule has 0 aromatic heterocycles. The van der Waals surface area contributed by atoms with Crippen LogP contribution >= 0.6 is 0 Å². The fourth-order valence-corrected chi connectivity index (χ4v) is 1.45. The van der Waals surface area contributed by atoms with Gasteiger partial charge >= 0.3 is 0 Å². The van der Waals surface area contributed by atoms with Crippen molar-refractivity contribution in [2.45, 2.75) is 54.4 Å². The third kappa shape index (κ3) is 15.4. The van der Waals surface area contributed by atoms with Crippen LogP contribution in [0.2, 0.25) is 0 Å². The molecule has 0 atom stereocenters. The van der Waals surface area contributed by atoms with Crippen molar-refractivity contribution in [1.82, 2.24) is 10.2 Å². The molecule has 1 aliphatic rings. The first kappa shape index (κ1) is 18.8. The maximum Gasteiger partial charge on any atom is 0.216 e. The first-order valence-corrected chi connectivity index (χ1v) is 7.03. The predicted octanol–water partition coefficient (Wildman–Crippen LogP) is 2.91. The van der Waals surface area contributed by atoms with Gasteiger partial charge in [-0.25, -0.2) is 0 Å². The number of nitrogens with one attached hydrogen (secondary N) is 1. The summed E-state index contributed by atoms with van der Waals surface area (Å²) in [5, 5.41) is 2.71. The van der Waals surface area contributed by atoms with Crippen molar-refractivity contribution in [3.63, 3.8) is 0 Å². The number of hydrogen-bond donors (Lipinski definition) is 1. The van der Waals surface area contributed by atoms with Crippen molar-refractivity contribution in [2.75, 3.05) is 26.2 Å². The monoisotopic (exact) mass is 244 g/mol. The van der Waals surface area contributed by atoms with E-state index in [9.17, 15) is 4.79 Å². The third-order valence-electron chi connectivity index (χ3n) is 2.41. The molecule has 1 aliphatic heterocycles.